The number of anilines is 6. The van der Waals surface area contributed by atoms with E-state index in [2.05, 4.69) is 240 Å². The molecule has 0 atom stereocenters. The summed E-state index contributed by atoms with van der Waals surface area (Å²) in [6.45, 7) is 0. The standard InChI is InChI=1S/C56H38N2O/c1-4-15-39(16-5-1)40-27-32-46(33-28-40)57(44-20-6-2-7-21-44)48-37-53(55-52-36-31-42-18-11-13-25-51(42)56(52)59-54(55)38-48)58(45-22-8-3-9-23-45)47-34-29-43(30-35-47)50-26-14-19-41-17-10-12-24-49(41)50/h1-38H. The number of para-hydroxylation sites is 2. The maximum atomic E-state index is 7.03. The first-order valence-electron chi connectivity index (χ1n) is 20.1. The number of hydrogen-bond donors (Lipinski definition) is 0. The lowest BCUT2D eigenvalue weighted by atomic mass is 9.98. The van der Waals surface area contributed by atoms with E-state index in [0.29, 0.717) is 0 Å². The van der Waals surface area contributed by atoms with E-state index in [4.69, 9.17) is 4.42 Å². The zero-order chi connectivity index (χ0) is 39.1. The molecule has 0 radical (unpaired) electrons. The van der Waals surface area contributed by atoms with Crippen molar-refractivity contribution in [2.75, 3.05) is 9.80 Å². The molecule has 0 unspecified atom stereocenters. The predicted octanol–water partition coefficient (Wildman–Crippen LogP) is 16.2. The van der Waals surface area contributed by atoms with Gasteiger partial charge in [0.05, 0.1) is 16.8 Å². The van der Waals surface area contributed by atoms with Gasteiger partial charge in [0.15, 0.2) is 0 Å². The van der Waals surface area contributed by atoms with Gasteiger partial charge in [-0.25, -0.2) is 0 Å². The van der Waals surface area contributed by atoms with Crippen LogP contribution in [0.3, 0.4) is 0 Å². The fraction of sp³-hybridized carbons (Fsp3) is 0. The summed E-state index contributed by atoms with van der Waals surface area (Å²) in [7, 11) is 0. The van der Waals surface area contributed by atoms with E-state index >= 15 is 0 Å². The van der Waals surface area contributed by atoms with Gasteiger partial charge in [-0.15, -0.1) is 0 Å². The second-order valence-corrected chi connectivity index (χ2v) is 14.9. The molecule has 3 heteroatoms. The zero-order valence-electron chi connectivity index (χ0n) is 32.2. The second kappa shape index (κ2) is 14.6. The largest absolute Gasteiger partial charge is 0.455 e. The minimum absolute atomic E-state index is 0.819. The minimum atomic E-state index is 0.819. The van der Waals surface area contributed by atoms with Crippen molar-refractivity contribution in [1.82, 2.24) is 0 Å². The van der Waals surface area contributed by atoms with Gasteiger partial charge >= 0.3 is 0 Å². The molecule has 11 rings (SSSR count). The Bertz CT molecular complexity index is 3240. The average molecular weight is 755 g/mol. The Morgan fingerprint density at radius 3 is 1.51 bits per heavy atom. The average Bonchev–Trinajstić information content (AvgIpc) is 3.70. The molecule has 3 nitrogen and oxygen atoms in total. The summed E-state index contributed by atoms with van der Waals surface area (Å²) in [6.07, 6.45) is 0. The predicted molar refractivity (Wildman–Crippen MR) is 249 cm³/mol. The fourth-order valence-corrected chi connectivity index (χ4v) is 8.63. The third-order valence-corrected chi connectivity index (χ3v) is 11.4. The van der Waals surface area contributed by atoms with E-state index in [0.717, 1.165) is 66.8 Å². The van der Waals surface area contributed by atoms with Crippen LogP contribution in [0.2, 0.25) is 0 Å². The van der Waals surface area contributed by atoms with Gasteiger partial charge in [0.25, 0.3) is 0 Å². The Labute approximate surface area is 343 Å². The second-order valence-electron chi connectivity index (χ2n) is 14.9. The number of fused-ring (bicyclic) bond motifs is 6. The summed E-state index contributed by atoms with van der Waals surface area (Å²) in [5, 5.41) is 6.85. The molecule has 0 aliphatic rings. The van der Waals surface area contributed by atoms with Crippen LogP contribution in [0.5, 0.6) is 0 Å². The summed E-state index contributed by atoms with van der Waals surface area (Å²) in [5.41, 5.74) is 12.7. The van der Waals surface area contributed by atoms with E-state index in [1.54, 1.807) is 0 Å². The molecule has 0 fully saturated rings. The number of rotatable bonds is 8. The molecular weight excluding hydrogens is 717 g/mol. The molecule has 10 aromatic carbocycles. The van der Waals surface area contributed by atoms with E-state index < -0.39 is 0 Å². The van der Waals surface area contributed by atoms with Crippen LogP contribution in [0.15, 0.2) is 235 Å². The number of nitrogens with zero attached hydrogens (tertiary/aromatic N) is 2. The van der Waals surface area contributed by atoms with Crippen LogP contribution in [0.25, 0.3) is 65.7 Å². The summed E-state index contributed by atoms with van der Waals surface area (Å²) in [5.74, 6) is 0. The normalized spacial score (nSPS) is 11.4. The Kier molecular flexibility index (Phi) is 8.49. The molecule has 1 aromatic heterocycles. The summed E-state index contributed by atoms with van der Waals surface area (Å²) in [6, 6.07) is 82.2. The van der Waals surface area contributed by atoms with E-state index in [9.17, 15) is 0 Å². The van der Waals surface area contributed by atoms with Crippen molar-refractivity contribution in [3.8, 4) is 22.3 Å². The highest BCUT2D eigenvalue weighted by atomic mass is 16.3. The van der Waals surface area contributed by atoms with Crippen LogP contribution >= 0.6 is 0 Å². The lowest BCUT2D eigenvalue weighted by molar-refractivity contribution is 0.673. The molecule has 0 aliphatic carbocycles. The van der Waals surface area contributed by atoms with Crippen molar-refractivity contribution < 1.29 is 4.42 Å². The van der Waals surface area contributed by atoms with Gasteiger partial charge in [0, 0.05) is 39.6 Å². The van der Waals surface area contributed by atoms with Gasteiger partial charge in [-0.05, 0) is 99.1 Å². The highest BCUT2D eigenvalue weighted by molar-refractivity contribution is 6.20. The SMILES string of the molecule is c1ccc(-c2ccc(N(c3ccccc3)c3cc(N(c4ccccc4)c4ccc(-c5cccc6ccccc56)cc4)c4c(c3)oc3c5ccccc5ccc34)cc2)cc1. The van der Waals surface area contributed by atoms with Crippen molar-refractivity contribution in [2.45, 2.75) is 0 Å². The number of furan rings is 1. The topological polar surface area (TPSA) is 19.6 Å². The molecule has 0 aliphatic heterocycles. The molecule has 59 heavy (non-hydrogen) atoms. The highest BCUT2D eigenvalue weighted by Crippen LogP contribution is 2.48. The quantitative estimate of drug-likeness (QED) is 0.154. The van der Waals surface area contributed by atoms with E-state index in [1.165, 1.54) is 33.0 Å². The third-order valence-electron chi connectivity index (χ3n) is 11.4. The maximum Gasteiger partial charge on any atom is 0.143 e. The van der Waals surface area contributed by atoms with Crippen LogP contribution in [0, 0.1) is 0 Å². The molecule has 0 amide bonds. The monoisotopic (exact) mass is 754 g/mol. The van der Waals surface area contributed by atoms with Crippen LogP contribution in [0.1, 0.15) is 0 Å². The summed E-state index contributed by atoms with van der Waals surface area (Å²) in [4.78, 5) is 4.71. The minimum Gasteiger partial charge on any atom is -0.455 e. The molecule has 0 bridgehead atoms. The van der Waals surface area contributed by atoms with Crippen molar-refractivity contribution in [1.29, 1.82) is 0 Å². The first kappa shape index (κ1) is 34.4. The fourth-order valence-electron chi connectivity index (χ4n) is 8.63. The van der Waals surface area contributed by atoms with Crippen molar-refractivity contribution >= 4 is 77.6 Å². The van der Waals surface area contributed by atoms with Crippen LogP contribution in [-0.2, 0) is 0 Å². The highest BCUT2D eigenvalue weighted by Gasteiger charge is 2.24. The number of hydrogen-bond acceptors (Lipinski definition) is 3. The van der Waals surface area contributed by atoms with Crippen molar-refractivity contribution in [3.05, 3.63) is 231 Å². The molecule has 0 N–H and O–H groups in total. The van der Waals surface area contributed by atoms with Crippen molar-refractivity contribution in [3.63, 3.8) is 0 Å². The van der Waals surface area contributed by atoms with Gasteiger partial charge in [0.1, 0.15) is 11.2 Å². The van der Waals surface area contributed by atoms with Gasteiger partial charge in [0.2, 0.25) is 0 Å². The van der Waals surface area contributed by atoms with E-state index in [-0.39, 0.29) is 0 Å². The van der Waals surface area contributed by atoms with E-state index in [1.807, 2.05) is 0 Å². The first-order valence-corrected chi connectivity index (χ1v) is 20.1. The van der Waals surface area contributed by atoms with Gasteiger partial charge < -0.3 is 14.2 Å². The van der Waals surface area contributed by atoms with Crippen LogP contribution < -0.4 is 9.80 Å². The first-order chi connectivity index (χ1) is 29.3. The van der Waals surface area contributed by atoms with Crippen molar-refractivity contribution in [2.24, 2.45) is 0 Å². The molecule has 278 valence electrons. The molecular formula is C56H38N2O. The molecule has 1 heterocycles. The van der Waals surface area contributed by atoms with Gasteiger partial charge in [-0.2, -0.15) is 0 Å². The summed E-state index contributed by atoms with van der Waals surface area (Å²) < 4.78 is 7.03. The Balaban J connectivity index is 1.15. The molecule has 0 spiro atoms. The van der Waals surface area contributed by atoms with Gasteiger partial charge in [-0.3, -0.25) is 0 Å². The van der Waals surface area contributed by atoms with Crippen LogP contribution in [0.4, 0.5) is 34.1 Å². The lowest BCUT2D eigenvalue weighted by Gasteiger charge is -2.30. The van der Waals surface area contributed by atoms with Gasteiger partial charge in [-0.1, -0.05) is 164 Å². The lowest BCUT2D eigenvalue weighted by Crippen LogP contribution is -2.13. The third kappa shape index (κ3) is 6.17. The number of benzene rings is 10. The van der Waals surface area contributed by atoms with Crippen LogP contribution in [-0.4, -0.2) is 0 Å². The Hall–Kier alpha value is -7.88. The Morgan fingerprint density at radius 2 is 0.814 bits per heavy atom. The summed E-state index contributed by atoms with van der Waals surface area (Å²) >= 11 is 0. The smallest absolute Gasteiger partial charge is 0.143 e. The molecule has 0 saturated carbocycles. The zero-order valence-corrected chi connectivity index (χ0v) is 32.2. The maximum absolute atomic E-state index is 7.03. The Morgan fingerprint density at radius 1 is 0.305 bits per heavy atom. The molecule has 11 aromatic rings. The molecule has 0 saturated heterocycles.